The average molecular weight is 379 g/mol. The number of hydrogen-bond acceptors (Lipinski definition) is 4. The Balaban J connectivity index is 4.96. The van der Waals surface area contributed by atoms with E-state index in [1.54, 1.807) is 7.11 Å². The van der Waals surface area contributed by atoms with Crippen LogP contribution in [0.5, 0.6) is 0 Å². The Morgan fingerprint density at radius 3 is 1.88 bits per heavy atom. The Morgan fingerprint density at radius 2 is 1.44 bits per heavy atom. The minimum absolute atomic E-state index is 0.0738. The summed E-state index contributed by atoms with van der Waals surface area (Å²) in [5, 5.41) is 10.4. The molecular formula is C20H43O4P. The van der Waals surface area contributed by atoms with Crippen LogP contribution in [-0.4, -0.2) is 50.1 Å². The Bertz CT molecular complexity index is 388. The summed E-state index contributed by atoms with van der Waals surface area (Å²) in [5.74, 6) is 1.06. The number of hydrogen-bond donors (Lipinski definition) is 1. The molecule has 25 heavy (non-hydrogen) atoms. The van der Waals surface area contributed by atoms with Crippen molar-refractivity contribution in [1.29, 1.82) is 0 Å². The second-order valence-corrected chi connectivity index (χ2v) is 10.4. The summed E-state index contributed by atoms with van der Waals surface area (Å²) in [6.45, 7) is 16.0. The first-order chi connectivity index (χ1) is 11.7. The fraction of sp³-hybridized carbons (Fsp3) is 0.950. The highest BCUT2D eigenvalue weighted by molar-refractivity contribution is 7.64. The van der Waals surface area contributed by atoms with Crippen molar-refractivity contribution in [3.05, 3.63) is 0 Å². The van der Waals surface area contributed by atoms with Crippen molar-refractivity contribution >= 4 is 13.6 Å². The fourth-order valence-corrected chi connectivity index (χ4v) is 4.69. The Morgan fingerprint density at radius 1 is 0.880 bits per heavy atom. The van der Waals surface area contributed by atoms with Gasteiger partial charge in [0.05, 0.1) is 25.4 Å². The van der Waals surface area contributed by atoms with Crippen molar-refractivity contribution in [2.24, 2.45) is 23.7 Å². The number of aliphatic hydroxyl groups excluding tert-OH is 1. The molecule has 0 aromatic rings. The van der Waals surface area contributed by atoms with Gasteiger partial charge < -0.3 is 18.9 Å². The predicted octanol–water partition coefficient (Wildman–Crippen LogP) is 5.06. The van der Waals surface area contributed by atoms with E-state index in [2.05, 4.69) is 47.8 Å². The van der Waals surface area contributed by atoms with Crippen molar-refractivity contribution < 1.29 is 18.9 Å². The lowest BCUT2D eigenvalue weighted by Gasteiger charge is -2.36. The Hall–Kier alpha value is 0.140. The van der Waals surface area contributed by atoms with Crippen LogP contribution in [0.25, 0.3) is 0 Å². The molecule has 0 fully saturated rings. The van der Waals surface area contributed by atoms with Gasteiger partial charge in [-0.1, -0.05) is 67.6 Å². The minimum Gasteiger partial charge on any atom is -0.392 e. The van der Waals surface area contributed by atoms with Crippen molar-refractivity contribution in [1.82, 2.24) is 0 Å². The third-order valence-electron chi connectivity index (χ3n) is 5.37. The molecule has 0 aromatic heterocycles. The first-order valence-electron chi connectivity index (χ1n) is 9.87. The van der Waals surface area contributed by atoms with Gasteiger partial charge in [0, 0.05) is 25.1 Å². The maximum Gasteiger partial charge on any atom is 0.117 e. The van der Waals surface area contributed by atoms with Crippen LogP contribution in [0, 0.1) is 23.7 Å². The fourth-order valence-electron chi connectivity index (χ4n) is 2.93. The molecule has 0 radical (unpaired) electrons. The van der Waals surface area contributed by atoms with Crippen LogP contribution < -0.4 is 0 Å². The highest BCUT2D eigenvalue weighted by atomic mass is 31.2. The van der Waals surface area contributed by atoms with Crippen LogP contribution in [-0.2, 0) is 13.8 Å². The molecule has 1 N–H and O–H groups in total. The first-order valence-corrected chi connectivity index (χ1v) is 11.9. The Kier molecular flexibility index (Phi) is 12.6. The van der Waals surface area contributed by atoms with Gasteiger partial charge in [0.25, 0.3) is 0 Å². The quantitative estimate of drug-likeness (QED) is 0.429. The minimum atomic E-state index is -2.20. The lowest BCUT2D eigenvalue weighted by molar-refractivity contribution is 0.0208. The third kappa shape index (κ3) is 8.58. The SMILES string of the molecule is C=P(CC)(OCC(C)C(O)C(C)CC)OC(C(C)CC)C(C)COC. The van der Waals surface area contributed by atoms with Gasteiger partial charge in [0.15, 0.2) is 0 Å². The van der Waals surface area contributed by atoms with Crippen LogP contribution in [0.2, 0.25) is 0 Å². The first kappa shape index (κ1) is 25.1. The molecule has 0 saturated carbocycles. The normalized spacial score (nSPS) is 21.8. The van der Waals surface area contributed by atoms with E-state index in [1.807, 2.05) is 6.92 Å². The number of methoxy groups -OCH3 is 1. The Labute approximate surface area is 156 Å². The van der Waals surface area contributed by atoms with E-state index >= 15 is 0 Å². The zero-order chi connectivity index (χ0) is 19.6. The van der Waals surface area contributed by atoms with E-state index < -0.39 is 7.34 Å². The molecule has 0 aliphatic heterocycles. The summed E-state index contributed by atoms with van der Waals surface area (Å²) in [5.41, 5.74) is 0. The second-order valence-electron chi connectivity index (χ2n) is 7.67. The predicted molar refractivity (Wildman–Crippen MR) is 111 cm³/mol. The smallest absolute Gasteiger partial charge is 0.117 e. The number of aliphatic hydroxyl groups is 1. The van der Waals surface area contributed by atoms with Crippen LogP contribution in [0.4, 0.5) is 0 Å². The van der Waals surface area contributed by atoms with Gasteiger partial charge in [-0.05, 0) is 11.8 Å². The van der Waals surface area contributed by atoms with Gasteiger partial charge in [0.2, 0.25) is 0 Å². The highest BCUT2D eigenvalue weighted by Crippen LogP contribution is 2.51. The van der Waals surface area contributed by atoms with E-state index in [1.165, 1.54) is 0 Å². The van der Waals surface area contributed by atoms with Gasteiger partial charge >= 0.3 is 0 Å². The molecule has 5 heteroatoms. The molecule has 0 aliphatic rings. The average Bonchev–Trinajstić information content (AvgIpc) is 2.62. The van der Waals surface area contributed by atoms with Gasteiger partial charge in [-0.25, -0.2) is 0 Å². The molecule has 0 spiro atoms. The summed E-state index contributed by atoms with van der Waals surface area (Å²) < 4.78 is 18.0. The van der Waals surface area contributed by atoms with E-state index in [0.29, 0.717) is 25.0 Å². The monoisotopic (exact) mass is 378 g/mol. The molecule has 7 atom stereocenters. The van der Waals surface area contributed by atoms with Crippen LogP contribution in [0.3, 0.4) is 0 Å². The number of rotatable bonds is 14. The van der Waals surface area contributed by atoms with Crippen LogP contribution >= 0.6 is 7.34 Å². The van der Waals surface area contributed by atoms with Crippen molar-refractivity contribution in [3.63, 3.8) is 0 Å². The zero-order valence-electron chi connectivity index (χ0n) is 17.8. The summed E-state index contributed by atoms with van der Waals surface area (Å²) in [6, 6.07) is 0. The summed E-state index contributed by atoms with van der Waals surface area (Å²) >= 11 is 0. The van der Waals surface area contributed by atoms with Crippen LogP contribution in [0.15, 0.2) is 0 Å². The van der Waals surface area contributed by atoms with Gasteiger partial charge in [0.1, 0.15) is 7.34 Å². The molecule has 152 valence electrons. The molecule has 0 amide bonds. The summed E-state index contributed by atoms with van der Waals surface area (Å²) in [7, 11) is -0.473. The van der Waals surface area contributed by atoms with E-state index in [-0.39, 0.29) is 24.0 Å². The maximum absolute atomic E-state index is 10.4. The number of ether oxygens (including phenoxy) is 1. The highest BCUT2D eigenvalue weighted by Gasteiger charge is 2.30. The molecule has 0 saturated heterocycles. The van der Waals surface area contributed by atoms with Crippen molar-refractivity contribution in [2.75, 3.05) is 26.5 Å². The molecular weight excluding hydrogens is 335 g/mol. The second kappa shape index (κ2) is 12.5. The largest absolute Gasteiger partial charge is 0.392 e. The van der Waals surface area contributed by atoms with Gasteiger partial charge in [-0.2, -0.15) is 0 Å². The summed E-state index contributed by atoms with van der Waals surface area (Å²) in [6.07, 6.45) is 6.83. The molecule has 0 aliphatic carbocycles. The van der Waals surface area contributed by atoms with Gasteiger partial charge in [-0.3, -0.25) is 0 Å². The van der Waals surface area contributed by atoms with Crippen molar-refractivity contribution in [3.8, 4) is 0 Å². The van der Waals surface area contributed by atoms with Crippen molar-refractivity contribution in [2.45, 2.75) is 73.5 Å². The molecule has 7 unspecified atom stereocenters. The lowest BCUT2D eigenvalue weighted by atomic mass is 9.92. The molecule has 0 aromatic carbocycles. The summed E-state index contributed by atoms with van der Waals surface area (Å²) in [4.78, 5) is 0. The maximum atomic E-state index is 10.4. The van der Waals surface area contributed by atoms with E-state index in [9.17, 15) is 5.11 Å². The third-order valence-corrected chi connectivity index (χ3v) is 7.58. The molecule has 0 heterocycles. The molecule has 0 bridgehead atoms. The van der Waals surface area contributed by atoms with Crippen LogP contribution in [0.1, 0.15) is 61.3 Å². The molecule has 4 nitrogen and oxygen atoms in total. The zero-order valence-corrected chi connectivity index (χ0v) is 18.7. The molecule has 0 rings (SSSR count). The topological polar surface area (TPSA) is 47.9 Å². The lowest BCUT2D eigenvalue weighted by Crippen LogP contribution is -2.32. The van der Waals surface area contributed by atoms with E-state index in [0.717, 1.165) is 19.0 Å². The van der Waals surface area contributed by atoms with E-state index in [4.69, 9.17) is 13.8 Å². The van der Waals surface area contributed by atoms with Gasteiger partial charge in [-0.15, -0.1) is 0 Å². The standard InChI is InChI=1S/C20H43O4P/c1-10-15(4)19(21)17(6)14-23-25(9,12-3)24-20(16(5)11-2)18(7)13-22-8/h15-21H,9-14H2,1-8H3.